The van der Waals surface area contributed by atoms with Gasteiger partial charge < -0.3 is 5.73 Å². The van der Waals surface area contributed by atoms with Crippen molar-refractivity contribution in [1.82, 2.24) is 19.7 Å². The summed E-state index contributed by atoms with van der Waals surface area (Å²) < 4.78 is 1.45. The van der Waals surface area contributed by atoms with Gasteiger partial charge in [0, 0.05) is 24.2 Å². The molecular weight excluding hydrogens is 238 g/mol. The third-order valence-corrected chi connectivity index (χ3v) is 3.30. The fourth-order valence-corrected chi connectivity index (χ4v) is 2.01. The molecule has 6 nitrogen and oxygen atoms in total. The molecule has 7 heteroatoms. The van der Waals surface area contributed by atoms with E-state index in [1.165, 1.54) is 16.3 Å². The number of hydrogen-bond donors (Lipinski definition) is 2. The van der Waals surface area contributed by atoms with Crippen molar-refractivity contribution in [3.8, 4) is 0 Å². The SMILES string of the molecule is CC(N)c1ccc(Sc2n[nH]c(=O)n2C)cn1. The van der Waals surface area contributed by atoms with E-state index < -0.39 is 0 Å². The van der Waals surface area contributed by atoms with Crippen LogP contribution < -0.4 is 11.4 Å². The van der Waals surface area contributed by atoms with Gasteiger partial charge in [-0.2, -0.15) is 0 Å². The van der Waals surface area contributed by atoms with Crippen molar-refractivity contribution >= 4 is 11.8 Å². The third-order valence-electron chi connectivity index (χ3n) is 2.27. The standard InChI is InChI=1S/C10H13N5OS/c1-6(11)8-4-3-7(5-12-8)17-10-14-13-9(16)15(10)2/h3-6H,11H2,1-2H3,(H,13,16). The number of hydrogen-bond acceptors (Lipinski definition) is 5. The summed E-state index contributed by atoms with van der Waals surface area (Å²) in [5.41, 5.74) is 6.32. The predicted molar refractivity (Wildman–Crippen MR) is 64.8 cm³/mol. The molecule has 2 rings (SSSR count). The number of rotatable bonds is 3. The van der Waals surface area contributed by atoms with Gasteiger partial charge in [-0.25, -0.2) is 9.89 Å². The highest BCUT2D eigenvalue weighted by atomic mass is 32.2. The Morgan fingerprint density at radius 2 is 2.29 bits per heavy atom. The van der Waals surface area contributed by atoms with Crippen LogP contribution in [0, 0.1) is 0 Å². The molecule has 3 N–H and O–H groups in total. The van der Waals surface area contributed by atoms with Gasteiger partial charge in [0.05, 0.1) is 5.69 Å². The fraction of sp³-hybridized carbons (Fsp3) is 0.300. The zero-order valence-electron chi connectivity index (χ0n) is 9.54. The molecule has 0 aliphatic rings. The lowest BCUT2D eigenvalue weighted by Gasteiger charge is -2.05. The Kier molecular flexibility index (Phi) is 3.30. The molecule has 0 bridgehead atoms. The molecular formula is C10H13N5OS. The summed E-state index contributed by atoms with van der Waals surface area (Å²) in [7, 11) is 1.66. The number of nitrogens with two attached hydrogens (primary N) is 1. The first-order valence-electron chi connectivity index (χ1n) is 5.08. The zero-order valence-corrected chi connectivity index (χ0v) is 10.4. The maximum Gasteiger partial charge on any atom is 0.343 e. The summed E-state index contributed by atoms with van der Waals surface area (Å²) in [6, 6.07) is 3.71. The van der Waals surface area contributed by atoms with Crippen molar-refractivity contribution < 1.29 is 0 Å². The van der Waals surface area contributed by atoms with Crippen molar-refractivity contribution in [2.75, 3.05) is 0 Å². The van der Waals surface area contributed by atoms with Gasteiger partial charge in [0.2, 0.25) is 0 Å². The van der Waals surface area contributed by atoms with Crippen LogP contribution in [0.5, 0.6) is 0 Å². The van der Waals surface area contributed by atoms with E-state index in [0.29, 0.717) is 5.16 Å². The molecule has 0 saturated carbocycles. The molecule has 2 heterocycles. The van der Waals surface area contributed by atoms with Crippen LogP contribution in [0.15, 0.2) is 33.2 Å². The van der Waals surface area contributed by atoms with Crippen molar-refractivity contribution in [2.24, 2.45) is 12.8 Å². The van der Waals surface area contributed by atoms with Crippen LogP contribution in [0.4, 0.5) is 0 Å². The first-order valence-corrected chi connectivity index (χ1v) is 5.90. The Labute approximate surface area is 102 Å². The van der Waals surface area contributed by atoms with E-state index in [4.69, 9.17) is 5.73 Å². The lowest BCUT2D eigenvalue weighted by atomic mass is 10.2. The number of nitrogens with zero attached hydrogens (tertiary/aromatic N) is 3. The van der Waals surface area contributed by atoms with Crippen LogP contribution in [-0.4, -0.2) is 19.7 Å². The van der Waals surface area contributed by atoms with E-state index in [1.807, 2.05) is 19.1 Å². The number of aromatic amines is 1. The molecule has 0 aliphatic heterocycles. The smallest absolute Gasteiger partial charge is 0.323 e. The van der Waals surface area contributed by atoms with Crippen molar-refractivity contribution in [3.05, 3.63) is 34.5 Å². The first kappa shape index (κ1) is 11.9. The van der Waals surface area contributed by atoms with E-state index in [9.17, 15) is 4.79 Å². The van der Waals surface area contributed by atoms with E-state index in [2.05, 4.69) is 15.2 Å². The number of aromatic nitrogens is 4. The van der Waals surface area contributed by atoms with Crippen LogP contribution in [0.3, 0.4) is 0 Å². The monoisotopic (exact) mass is 251 g/mol. The Morgan fingerprint density at radius 1 is 1.53 bits per heavy atom. The lowest BCUT2D eigenvalue weighted by Crippen LogP contribution is -2.12. The molecule has 0 fully saturated rings. The molecule has 0 amide bonds. The summed E-state index contributed by atoms with van der Waals surface area (Å²) in [5.74, 6) is 0. The highest BCUT2D eigenvalue weighted by Crippen LogP contribution is 2.24. The molecule has 1 atom stereocenters. The number of nitrogens with one attached hydrogen (secondary N) is 1. The predicted octanol–water partition coefficient (Wildman–Crippen LogP) is 0.674. The van der Waals surface area contributed by atoms with Gasteiger partial charge in [-0.1, -0.05) is 0 Å². The molecule has 0 aromatic carbocycles. The second-order valence-corrected chi connectivity index (χ2v) is 4.72. The Hall–Kier alpha value is -1.60. The molecule has 2 aromatic rings. The molecule has 0 saturated heterocycles. The fourth-order valence-electron chi connectivity index (χ4n) is 1.25. The number of pyridine rings is 1. The van der Waals surface area contributed by atoms with Crippen molar-refractivity contribution in [1.29, 1.82) is 0 Å². The van der Waals surface area contributed by atoms with Gasteiger partial charge in [0.25, 0.3) is 0 Å². The molecule has 0 aliphatic carbocycles. The first-order chi connectivity index (χ1) is 8.08. The minimum absolute atomic E-state index is 0.0798. The maximum atomic E-state index is 11.2. The molecule has 1 unspecified atom stereocenters. The third kappa shape index (κ3) is 2.56. The van der Waals surface area contributed by atoms with Gasteiger partial charge >= 0.3 is 5.69 Å². The topological polar surface area (TPSA) is 89.6 Å². The van der Waals surface area contributed by atoms with E-state index in [0.717, 1.165) is 10.6 Å². The van der Waals surface area contributed by atoms with E-state index >= 15 is 0 Å². The summed E-state index contributed by atoms with van der Waals surface area (Å²) in [5, 5.41) is 6.89. The minimum atomic E-state index is -0.229. The van der Waals surface area contributed by atoms with E-state index in [-0.39, 0.29) is 11.7 Å². The van der Waals surface area contributed by atoms with Crippen molar-refractivity contribution in [3.63, 3.8) is 0 Å². The van der Waals surface area contributed by atoms with Crippen LogP contribution in [0.1, 0.15) is 18.7 Å². The Bertz CT molecular complexity index is 557. The van der Waals surface area contributed by atoms with E-state index in [1.54, 1.807) is 13.2 Å². The second-order valence-electron chi connectivity index (χ2n) is 3.68. The molecule has 2 aromatic heterocycles. The van der Waals surface area contributed by atoms with Crippen LogP contribution >= 0.6 is 11.8 Å². The average Bonchev–Trinajstić information content (AvgIpc) is 2.62. The zero-order chi connectivity index (χ0) is 12.4. The summed E-state index contributed by atoms with van der Waals surface area (Å²) >= 11 is 1.37. The largest absolute Gasteiger partial charge is 0.343 e. The molecule has 0 spiro atoms. The van der Waals surface area contributed by atoms with Gasteiger partial charge in [-0.05, 0) is 30.8 Å². The van der Waals surface area contributed by atoms with Gasteiger partial charge in [-0.15, -0.1) is 5.10 Å². The van der Waals surface area contributed by atoms with Crippen LogP contribution in [0.2, 0.25) is 0 Å². The lowest BCUT2D eigenvalue weighted by molar-refractivity contribution is 0.764. The normalized spacial score (nSPS) is 12.6. The summed E-state index contributed by atoms with van der Waals surface area (Å²) in [6.07, 6.45) is 1.72. The van der Waals surface area contributed by atoms with Crippen LogP contribution in [0.25, 0.3) is 0 Å². The molecule has 17 heavy (non-hydrogen) atoms. The van der Waals surface area contributed by atoms with Crippen molar-refractivity contribution in [2.45, 2.75) is 23.0 Å². The minimum Gasteiger partial charge on any atom is -0.323 e. The highest BCUT2D eigenvalue weighted by Gasteiger charge is 2.07. The van der Waals surface area contributed by atoms with Crippen LogP contribution in [-0.2, 0) is 7.05 Å². The molecule has 90 valence electrons. The second kappa shape index (κ2) is 4.72. The Morgan fingerprint density at radius 3 is 2.76 bits per heavy atom. The maximum absolute atomic E-state index is 11.2. The Balaban J connectivity index is 2.19. The highest BCUT2D eigenvalue weighted by molar-refractivity contribution is 7.99. The average molecular weight is 251 g/mol. The molecule has 0 radical (unpaired) electrons. The number of H-pyrrole nitrogens is 1. The van der Waals surface area contributed by atoms with Gasteiger partial charge in [0.15, 0.2) is 5.16 Å². The summed E-state index contributed by atoms with van der Waals surface area (Å²) in [6.45, 7) is 1.88. The van der Waals surface area contributed by atoms with Gasteiger partial charge in [-0.3, -0.25) is 9.55 Å². The quantitative estimate of drug-likeness (QED) is 0.837. The summed E-state index contributed by atoms with van der Waals surface area (Å²) in [4.78, 5) is 16.3. The van der Waals surface area contributed by atoms with Gasteiger partial charge in [0.1, 0.15) is 0 Å².